The van der Waals surface area contributed by atoms with E-state index in [9.17, 15) is 27.6 Å². The van der Waals surface area contributed by atoms with Gasteiger partial charge in [-0.25, -0.2) is 9.59 Å². The first-order valence-corrected chi connectivity index (χ1v) is 9.78. The second-order valence-electron chi connectivity index (χ2n) is 6.06. The van der Waals surface area contributed by atoms with Gasteiger partial charge in [0.2, 0.25) is 5.91 Å². The Balaban J connectivity index is 2.26. The van der Waals surface area contributed by atoms with Crippen molar-refractivity contribution < 1.29 is 37.0 Å². The normalized spacial score (nSPS) is 11.3. The zero-order chi connectivity index (χ0) is 22.5. The van der Waals surface area contributed by atoms with Crippen LogP contribution in [0.1, 0.15) is 51.6 Å². The van der Waals surface area contributed by atoms with Gasteiger partial charge < -0.3 is 14.8 Å². The van der Waals surface area contributed by atoms with Crippen molar-refractivity contribution in [2.45, 2.75) is 39.9 Å². The summed E-state index contributed by atoms with van der Waals surface area (Å²) in [6, 6.07) is 0.745. The number of hydrogen-bond donors (Lipinski definition) is 1. The number of carbonyl (C=O) groups excluding carboxylic acids is 3. The number of aromatic nitrogens is 2. The van der Waals surface area contributed by atoms with Crippen LogP contribution in [-0.4, -0.2) is 40.8 Å². The fourth-order valence-corrected chi connectivity index (χ4v) is 3.52. The molecule has 30 heavy (non-hydrogen) atoms. The summed E-state index contributed by atoms with van der Waals surface area (Å²) in [7, 11) is 0. The smallest absolute Gasteiger partial charge is 0.435 e. The van der Waals surface area contributed by atoms with Crippen molar-refractivity contribution in [2.24, 2.45) is 0 Å². The fourth-order valence-electron chi connectivity index (χ4n) is 2.42. The third-order valence-corrected chi connectivity index (χ3v) is 4.93. The molecule has 0 aliphatic heterocycles. The highest BCUT2D eigenvalue weighted by Crippen LogP contribution is 2.34. The van der Waals surface area contributed by atoms with Crippen molar-refractivity contribution in [1.82, 2.24) is 9.78 Å². The number of alkyl halides is 3. The third kappa shape index (κ3) is 5.59. The lowest BCUT2D eigenvalue weighted by molar-refractivity contribution is -0.141. The van der Waals surface area contributed by atoms with Crippen LogP contribution in [0.25, 0.3) is 0 Å². The first-order valence-electron chi connectivity index (χ1n) is 8.96. The van der Waals surface area contributed by atoms with Gasteiger partial charge in [-0.3, -0.25) is 9.48 Å². The molecule has 2 rings (SSSR count). The number of carbonyl (C=O) groups is 3. The monoisotopic (exact) mass is 447 g/mol. The highest BCUT2D eigenvalue weighted by molar-refractivity contribution is 7.18. The molecule has 2 heterocycles. The van der Waals surface area contributed by atoms with Gasteiger partial charge >= 0.3 is 18.1 Å². The van der Waals surface area contributed by atoms with Crippen LogP contribution in [0.3, 0.4) is 0 Å². The summed E-state index contributed by atoms with van der Waals surface area (Å²) >= 11 is 0.827. The lowest BCUT2D eigenvalue weighted by atomic mass is 10.1. The highest BCUT2D eigenvalue weighted by Gasteiger charge is 2.34. The van der Waals surface area contributed by atoms with E-state index < -0.39 is 36.3 Å². The van der Waals surface area contributed by atoms with Gasteiger partial charge in [0.05, 0.1) is 18.8 Å². The standard InChI is InChI=1S/C18H20F3N3O5S/c1-4-8-29-16(26)13-10(3)14(17(27)28-5-2)30-15(13)22-12(25)9-24-7-6-11(23-24)18(19,20)21/h6-7H,4-5,8-9H2,1-3H3,(H,22,25). The summed E-state index contributed by atoms with van der Waals surface area (Å²) in [4.78, 5) is 37.0. The molecule has 2 aromatic heterocycles. The minimum Gasteiger partial charge on any atom is -0.462 e. The van der Waals surface area contributed by atoms with Gasteiger partial charge in [0.25, 0.3) is 0 Å². The average molecular weight is 447 g/mol. The number of esters is 2. The summed E-state index contributed by atoms with van der Waals surface area (Å²) in [5.74, 6) is -2.12. The molecule has 0 bridgehead atoms. The third-order valence-electron chi connectivity index (χ3n) is 3.74. The van der Waals surface area contributed by atoms with E-state index in [4.69, 9.17) is 9.47 Å². The molecule has 0 unspecified atom stereocenters. The van der Waals surface area contributed by atoms with Crippen LogP contribution in [0.2, 0.25) is 0 Å². The summed E-state index contributed by atoms with van der Waals surface area (Å²) in [5, 5.41) is 5.80. The lowest BCUT2D eigenvalue weighted by Gasteiger charge is -2.08. The Morgan fingerprint density at radius 1 is 1.20 bits per heavy atom. The molecule has 0 spiro atoms. The first-order chi connectivity index (χ1) is 14.1. The number of rotatable bonds is 8. The van der Waals surface area contributed by atoms with Crippen LogP contribution < -0.4 is 5.32 Å². The van der Waals surface area contributed by atoms with Crippen molar-refractivity contribution in [2.75, 3.05) is 18.5 Å². The molecular formula is C18H20F3N3O5S. The van der Waals surface area contributed by atoms with Gasteiger partial charge in [-0.05, 0) is 31.9 Å². The van der Waals surface area contributed by atoms with Gasteiger partial charge in [0.15, 0.2) is 5.69 Å². The predicted octanol–water partition coefficient (Wildman–Crippen LogP) is 3.65. The second kappa shape index (κ2) is 9.74. The summed E-state index contributed by atoms with van der Waals surface area (Å²) in [6.07, 6.45) is -3.04. The number of anilines is 1. The molecule has 0 radical (unpaired) electrons. The van der Waals surface area contributed by atoms with Crippen molar-refractivity contribution in [3.05, 3.63) is 34.0 Å². The van der Waals surface area contributed by atoms with Crippen molar-refractivity contribution in [1.29, 1.82) is 0 Å². The Morgan fingerprint density at radius 3 is 2.47 bits per heavy atom. The maximum Gasteiger partial charge on any atom is 0.435 e. The molecule has 0 aromatic carbocycles. The van der Waals surface area contributed by atoms with E-state index in [0.717, 1.165) is 28.3 Å². The molecule has 8 nitrogen and oxygen atoms in total. The number of hydrogen-bond acceptors (Lipinski definition) is 7. The second-order valence-corrected chi connectivity index (χ2v) is 7.08. The molecule has 0 saturated heterocycles. The minimum absolute atomic E-state index is 0.00120. The maximum absolute atomic E-state index is 12.6. The molecule has 1 N–H and O–H groups in total. The van der Waals surface area contributed by atoms with E-state index in [0.29, 0.717) is 6.42 Å². The Kier molecular flexibility index (Phi) is 7.59. The van der Waals surface area contributed by atoms with E-state index in [-0.39, 0.29) is 34.2 Å². The van der Waals surface area contributed by atoms with Crippen molar-refractivity contribution in [3.63, 3.8) is 0 Å². The summed E-state index contributed by atoms with van der Waals surface area (Å²) in [6.45, 7) is 4.69. The molecule has 0 aliphatic rings. The Hall–Kier alpha value is -2.89. The van der Waals surface area contributed by atoms with E-state index in [1.165, 1.54) is 6.92 Å². The maximum atomic E-state index is 12.6. The van der Waals surface area contributed by atoms with Crippen LogP contribution in [-0.2, 0) is 27.0 Å². The number of halogens is 3. The summed E-state index contributed by atoms with van der Waals surface area (Å²) in [5.41, 5.74) is -0.842. The van der Waals surface area contributed by atoms with Gasteiger partial charge in [0.1, 0.15) is 16.4 Å². The van der Waals surface area contributed by atoms with Gasteiger partial charge in [0, 0.05) is 6.20 Å². The topological polar surface area (TPSA) is 99.5 Å². The van der Waals surface area contributed by atoms with Crippen LogP contribution in [0.15, 0.2) is 12.3 Å². The number of amides is 1. The largest absolute Gasteiger partial charge is 0.462 e. The molecule has 0 fully saturated rings. The quantitative estimate of drug-likeness (QED) is 0.620. The van der Waals surface area contributed by atoms with E-state index in [1.54, 1.807) is 13.8 Å². The minimum atomic E-state index is -4.63. The average Bonchev–Trinajstić information content (AvgIpc) is 3.24. The Bertz CT molecular complexity index is 936. The van der Waals surface area contributed by atoms with Crippen LogP contribution in [0, 0.1) is 6.92 Å². The Labute approximate surface area is 174 Å². The molecule has 12 heteroatoms. The molecule has 164 valence electrons. The van der Waals surface area contributed by atoms with E-state index >= 15 is 0 Å². The number of nitrogens with one attached hydrogen (secondary N) is 1. The number of ether oxygens (including phenoxy) is 2. The van der Waals surface area contributed by atoms with Crippen LogP contribution in [0.4, 0.5) is 18.2 Å². The molecule has 2 aromatic rings. The summed E-state index contributed by atoms with van der Waals surface area (Å²) < 4.78 is 48.8. The lowest BCUT2D eigenvalue weighted by Crippen LogP contribution is -2.21. The number of thiophene rings is 1. The molecule has 0 atom stereocenters. The predicted molar refractivity (Wildman–Crippen MR) is 101 cm³/mol. The van der Waals surface area contributed by atoms with Crippen LogP contribution in [0.5, 0.6) is 0 Å². The zero-order valence-electron chi connectivity index (χ0n) is 16.5. The van der Waals surface area contributed by atoms with Crippen LogP contribution >= 0.6 is 11.3 Å². The van der Waals surface area contributed by atoms with Crippen molar-refractivity contribution >= 4 is 34.2 Å². The highest BCUT2D eigenvalue weighted by atomic mass is 32.1. The number of nitrogens with zero attached hydrogens (tertiary/aromatic N) is 2. The SMILES string of the molecule is CCCOC(=O)c1c(NC(=O)Cn2ccc(C(F)(F)F)n2)sc(C(=O)OCC)c1C. The molecule has 0 aliphatic carbocycles. The Morgan fingerprint density at radius 2 is 1.90 bits per heavy atom. The fraction of sp³-hybridized carbons (Fsp3) is 0.444. The van der Waals surface area contributed by atoms with Gasteiger partial charge in [-0.15, -0.1) is 11.3 Å². The molecule has 0 saturated carbocycles. The van der Waals surface area contributed by atoms with E-state index in [2.05, 4.69) is 10.4 Å². The molecule has 1 amide bonds. The zero-order valence-corrected chi connectivity index (χ0v) is 17.3. The van der Waals surface area contributed by atoms with Crippen molar-refractivity contribution in [3.8, 4) is 0 Å². The van der Waals surface area contributed by atoms with Gasteiger partial charge in [-0.2, -0.15) is 18.3 Å². The van der Waals surface area contributed by atoms with Gasteiger partial charge in [-0.1, -0.05) is 6.92 Å². The first kappa shape index (κ1) is 23.4. The van der Waals surface area contributed by atoms with E-state index in [1.807, 2.05) is 0 Å². The molecular weight excluding hydrogens is 427 g/mol.